The molecule has 0 radical (unpaired) electrons. The molecule has 4 heteroatoms. The average Bonchev–Trinajstić information content (AvgIpc) is 3.80. The molecule has 7 aromatic carbocycles. The third-order valence-corrected chi connectivity index (χ3v) is 18.9. The first-order valence-electron chi connectivity index (χ1n) is 28.2. The molecule has 382 valence electrons. The number of hydrogen-bond donors (Lipinski definition) is 0. The van der Waals surface area contributed by atoms with Crippen LogP contribution < -0.4 is 26.4 Å². The van der Waals surface area contributed by atoms with E-state index >= 15 is 0 Å². The van der Waals surface area contributed by atoms with Gasteiger partial charge in [-0.3, -0.25) is 0 Å². The molecule has 12 rings (SSSR count). The van der Waals surface area contributed by atoms with Crippen LogP contribution in [-0.4, -0.2) is 6.71 Å². The molecule has 0 atom stereocenters. The highest BCUT2D eigenvalue weighted by Gasteiger charge is 2.50. The van der Waals surface area contributed by atoms with Crippen molar-refractivity contribution in [3.8, 4) is 0 Å². The number of hydrogen-bond acceptors (Lipinski definition) is 3. The molecular formula is C71H79BN2O. The predicted octanol–water partition coefficient (Wildman–Crippen LogP) is 17.6. The lowest BCUT2D eigenvalue weighted by Crippen LogP contribution is -2.61. The second-order valence-electron chi connectivity index (χ2n) is 28.0. The monoisotopic (exact) mass is 987 g/mol. The van der Waals surface area contributed by atoms with Crippen molar-refractivity contribution < 1.29 is 4.42 Å². The largest absolute Gasteiger partial charge is 0.468 e. The number of nitrogens with zero attached hydrogens (tertiary/aromatic N) is 2. The third-order valence-electron chi connectivity index (χ3n) is 18.9. The van der Waals surface area contributed by atoms with Crippen LogP contribution in [0.15, 0.2) is 138 Å². The zero-order valence-electron chi connectivity index (χ0n) is 48.0. The SMILES string of the molecule is Cc1ccccc1C(c1cc2c3c(c1)N(c1ccc(C(C)(C)C)cc1)c1c(oc4ccc(C(C)(C)C)cc14)B3c1cc3c(cc1N2c1ccc2c(c1)C(C)(C)CCC2(C)C)C(C)(C)CCC3(C)C)c1ccccc1C. The molecule has 4 aliphatic rings. The highest BCUT2D eigenvalue weighted by atomic mass is 16.3. The Kier molecular flexibility index (Phi) is 11.0. The van der Waals surface area contributed by atoms with Crippen LogP contribution in [0.5, 0.6) is 0 Å². The van der Waals surface area contributed by atoms with E-state index in [9.17, 15) is 0 Å². The van der Waals surface area contributed by atoms with Crippen LogP contribution in [0.2, 0.25) is 0 Å². The zero-order chi connectivity index (χ0) is 53.1. The van der Waals surface area contributed by atoms with Crippen molar-refractivity contribution in [3.05, 3.63) is 195 Å². The summed E-state index contributed by atoms with van der Waals surface area (Å²) in [6, 6.07) is 52.7. The first kappa shape index (κ1) is 49.6. The lowest BCUT2D eigenvalue weighted by atomic mass is 9.35. The van der Waals surface area contributed by atoms with Crippen molar-refractivity contribution in [1.82, 2.24) is 0 Å². The van der Waals surface area contributed by atoms with Crippen LogP contribution in [0.3, 0.4) is 0 Å². The van der Waals surface area contributed by atoms with Gasteiger partial charge in [-0.1, -0.05) is 176 Å². The van der Waals surface area contributed by atoms with E-state index in [1.54, 1.807) is 0 Å². The standard InChI is InChI=1S/C71H79BN2O/c1-43-21-17-19-23-50(43)62(51-24-20-18-22-44(51)2)45-37-59-63-60(38-45)74(48-28-25-46(26-29-48)66(3,4)5)64-52-39-47(67(6,7)8)27-32-61(52)75-65(64)72(63)57-41-55-56(71(15,16)36-35-70(55,13)14)42-58(57)73(59)49-30-31-53-54(40-49)69(11,12)34-33-68(53,9)10/h17-32,37-42,62H,33-36H2,1-16H3. The van der Waals surface area contributed by atoms with Crippen molar-refractivity contribution in [1.29, 1.82) is 0 Å². The molecule has 2 aliphatic carbocycles. The van der Waals surface area contributed by atoms with Crippen LogP contribution in [-0.2, 0) is 32.5 Å². The molecule has 0 N–H and O–H groups in total. The molecule has 3 heterocycles. The van der Waals surface area contributed by atoms with Crippen molar-refractivity contribution >= 4 is 68.4 Å². The number of rotatable bonds is 5. The molecule has 0 unspecified atom stereocenters. The molecule has 1 aromatic heterocycles. The van der Waals surface area contributed by atoms with Gasteiger partial charge in [-0.25, -0.2) is 0 Å². The first-order chi connectivity index (χ1) is 35.2. The van der Waals surface area contributed by atoms with Gasteiger partial charge in [0.05, 0.1) is 11.3 Å². The second-order valence-corrected chi connectivity index (χ2v) is 28.0. The van der Waals surface area contributed by atoms with Gasteiger partial charge in [0.15, 0.2) is 0 Å². The summed E-state index contributed by atoms with van der Waals surface area (Å²) in [5.41, 5.74) is 26.9. The molecule has 75 heavy (non-hydrogen) atoms. The van der Waals surface area contributed by atoms with Gasteiger partial charge in [0.1, 0.15) is 5.58 Å². The van der Waals surface area contributed by atoms with Crippen molar-refractivity contribution in [2.24, 2.45) is 0 Å². The summed E-state index contributed by atoms with van der Waals surface area (Å²) in [7, 11) is 0. The van der Waals surface area contributed by atoms with E-state index < -0.39 is 0 Å². The van der Waals surface area contributed by atoms with Gasteiger partial charge < -0.3 is 14.2 Å². The van der Waals surface area contributed by atoms with Gasteiger partial charge in [-0.05, 0) is 199 Å². The van der Waals surface area contributed by atoms with Crippen LogP contribution in [0.25, 0.3) is 11.0 Å². The number of aryl methyl sites for hydroxylation is 2. The van der Waals surface area contributed by atoms with E-state index in [-0.39, 0.29) is 45.1 Å². The molecule has 0 bridgehead atoms. The van der Waals surface area contributed by atoms with E-state index in [1.165, 1.54) is 101 Å². The number of fused-ring (bicyclic) bond motifs is 8. The third kappa shape index (κ3) is 7.80. The average molecular weight is 987 g/mol. The van der Waals surface area contributed by atoms with Gasteiger partial charge in [-0.2, -0.15) is 0 Å². The molecule has 2 aliphatic heterocycles. The summed E-state index contributed by atoms with van der Waals surface area (Å²) in [6.07, 6.45) is 4.61. The number of furan rings is 1. The van der Waals surface area contributed by atoms with Crippen LogP contribution in [0.1, 0.15) is 190 Å². The summed E-state index contributed by atoms with van der Waals surface area (Å²) < 4.78 is 7.58. The van der Waals surface area contributed by atoms with Gasteiger partial charge >= 0.3 is 0 Å². The minimum absolute atomic E-state index is 0.00122. The molecule has 0 saturated carbocycles. The Balaban J connectivity index is 1.27. The second kappa shape index (κ2) is 16.6. The van der Waals surface area contributed by atoms with E-state index in [2.05, 4.69) is 254 Å². The van der Waals surface area contributed by atoms with Gasteiger partial charge in [0.2, 0.25) is 0 Å². The molecular weight excluding hydrogens is 908 g/mol. The van der Waals surface area contributed by atoms with Gasteiger partial charge in [0, 0.05) is 39.7 Å². The Labute approximate surface area is 449 Å². The van der Waals surface area contributed by atoms with Crippen LogP contribution >= 0.6 is 0 Å². The van der Waals surface area contributed by atoms with E-state index in [1.807, 2.05) is 0 Å². The summed E-state index contributed by atoms with van der Waals surface area (Å²) >= 11 is 0. The highest BCUT2D eigenvalue weighted by molar-refractivity contribution is 7.00. The number of anilines is 6. The summed E-state index contributed by atoms with van der Waals surface area (Å²) in [6.45, 7) is 38.1. The molecule has 8 aromatic rings. The topological polar surface area (TPSA) is 19.6 Å². The summed E-state index contributed by atoms with van der Waals surface area (Å²) in [5, 5.41) is 1.16. The molecule has 0 amide bonds. The quantitative estimate of drug-likeness (QED) is 0.127. The Bertz CT molecular complexity index is 3580. The fourth-order valence-electron chi connectivity index (χ4n) is 13.9. The van der Waals surface area contributed by atoms with Crippen molar-refractivity contribution in [3.63, 3.8) is 0 Å². The van der Waals surface area contributed by atoms with E-state index in [0.29, 0.717) is 0 Å². The zero-order valence-corrected chi connectivity index (χ0v) is 48.0. The maximum Gasteiger partial charge on any atom is 0.297 e. The Hall–Kier alpha value is -6.26. The summed E-state index contributed by atoms with van der Waals surface area (Å²) in [4.78, 5) is 5.32. The number of benzene rings is 7. The Morgan fingerprint density at radius 3 is 1.53 bits per heavy atom. The maximum absolute atomic E-state index is 7.58. The maximum atomic E-state index is 7.58. The molecule has 0 fully saturated rings. The fourth-order valence-corrected chi connectivity index (χ4v) is 13.9. The molecule has 0 saturated heterocycles. The highest BCUT2D eigenvalue weighted by Crippen LogP contribution is 2.54. The molecule has 3 nitrogen and oxygen atoms in total. The lowest BCUT2D eigenvalue weighted by Gasteiger charge is -2.47. The van der Waals surface area contributed by atoms with Crippen LogP contribution in [0.4, 0.5) is 34.1 Å². The molecule has 0 spiro atoms. The van der Waals surface area contributed by atoms with Gasteiger partial charge in [0.25, 0.3) is 6.71 Å². The predicted molar refractivity (Wildman–Crippen MR) is 322 cm³/mol. The van der Waals surface area contributed by atoms with Crippen LogP contribution in [0, 0.1) is 13.8 Å². The lowest BCUT2D eigenvalue weighted by molar-refractivity contribution is 0.332. The van der Waals surface area contributed by atoms with Gasteiger partial charge in [-0.15, -0.1) is 0 Å². The van der Waals surface area contributed by atoms with Crippen molar-refractivity contribution in [2.45, 2.75) is 175 Å². The Morgan fingerprint density at radius 2 is 0.973 bits per heavy atom. The Morgan fingerprint density at radius 1 is 0.480 bits per heavy atom. The fraction of sp³-hybridized carbons (Fsp3) is 0.380. The smallest absolute Gasteiger partial charge is 0.297 e. The van der Waals surface area contributed by atoms with E-state index in [0.717, 1.165) is 47.3 Å². The summed E-state index contributed by atoms with van der Waals surface area (Å²) in [5.74, 6) is -0.0396. The van der Waals surface area contributed by atoms with Crippen molar-refractivity contribution in [2.75, 3.05) is 9.80 Å². The van der Waals surface area contributed by atoms with E-state index in [4.69, 9.17) is 4.42 Å². The first-order valence-corrected chi connectivity index (χ1v) is 28.2. The normalized spacial score (nSPS) is 17.9. The minimum atomic E-state index is -0.171. The minimum Gasteiger partial charge on any atom is -0.468 e.